The molecule has 0 aromatic carbocycles. The monoisotopic (exact) mass is 306 g/mol. The van der Waals surface area contributed by atoms with Gasteiger partial charge in [-0.2, -0.15) is 24.9 Å². The summed E-state index contributed by atoms with van der Waals surface area (Å²) in [5.74, 6) is 1.33. The van der Waals surface area contributed by atoms with Gasteiger partial charge in [0.2, 0.25) is 5.88 Å². The summed E-state index contributed by atoms with van der Waals surface area (Å²) in [7, 11) is 0. The van der Waals surface area contributed by atoms with Crippen molar-refractivity contribution in [2.24, 2.45) is 0 Å². The molecule has 1 atom stereocenters. The van der Waals surface area contributed by atoms with E-state index in [-0.39, 0.29) is 17.5 Å². The molecule has 1 aromatic rings. The van der Waals surface area contributed by atoms with Gasteiger partial charge < -0.3 is 10.1 Å². The maximum absolute atomic E-state index is 12.0. The molecule has 1 aliphatic rings. The van der Waals surface area contributed by atoms with Crippen LogP contribution in [-0.4, -0.2) is 41.2 Å². The molecule has 1 aliphatic heterocycles. The van der Waals surface area contributed by atoms with E-state index in [1.54, 1.807) is 11.8 Å². The highest BCUT2D eigenvalue weighted by atomic mass is 32.2. The first-order valence-electron chi connectivity index (χ1n) is 5.99. The highest BCUT2D eigenvalue weighted by Gasteiger charge is 2.28. The highest BCUT2D eigenvalue weighted by molar-refractivity contribution is 7.99. The molecule has 0 unspecified atom stereocenters. The summed E-state index contributed by atoms with van der Waals surface area (Å²) in [5, 5.41) is 1.81. The number of amides is 1. The van der Waals surface area contributed by atoms with Crippen LogP contribution in [0.3, 0.4) is 0 Å². The molecule has 1 amide bonds. The van der Waals surface area contributed by atoms with Gasteiger partial charge >= 0.3 is 6.18 Å². The Morgan fingerprint density at radius 2 is 2.35 bits per heavy atom. The van der Waals surface area contributed by atoms with Gasteiger partial charge in [-0.1, -0.05) is 0 Å². The van der Waals surface area contributed by atoms with Gasteiger partial charge in [0.25, 0.3) is 5.91 Å². The van der Waals surface area contributed by atoms with Gasteiger partial charge in [0.05, 0.1) is 0 Å². The summed E-state index contributed by atoms with van der Waals surface area (Å²) >= 11 is 1.77. The summed E-state index contributed by atoms with van der Waals surface area (Å²) in [4.78, 5) is 15.5. The Balaban J connectivity index is 1.96. The van der Waals surface area contributed by atoms with Crippen molar-refractivity contribution in [2.75, 3.05) is 18.1 Å². The van der Waals surface area contributed by atoms with Crippen LogP contribution in [-0.2, 0) is 0 Å². The minimum atomic E-state index is -4.43. The first-order chi connectivity index (χ1) is 9.44. The molecule has 20 heavy (non-hydrogen) atoms. The van der Waals surface area contributed by atoms with Gasteiger partial charge in [-0.05, 0) is 18.2 Å². The number of hydrogen-bond acceptors (Lipinski definition) is 4. The van der Waals surface area contributed by atoms with Crippen molar-refractivity contribution in [1.29, 1.82) is 0 Å². The molecule has 1 saturated heterocycles. The molecule has 1 aromatic heterocycles. The van der Waals surface area contributed by atoms with Crippen LogP contribution in [0.4, 0.5) is 13.2 Å². The number of carbonyl (C=O) groups is 1. The number of alkyl halides is 3. The number of pyridine rings is 1. The summed E-state index contributed by atoms with van der Waals surface area (Å²) in [6, 6.07) is 2.71. The molecule has 0 saturated carbocycles. The van der Waals surface area contributed by atoms with Crippen molar-refractivity contribution in [1.82, 2.24) is 10.3 Å². The van der Waals surface area contributed by atoms with Gasteiger partial charge in [-0.25, -0.2) is 4.98 Å². The maximum Gasteiger partial charge on any atom is 0.405 e. The number of ether oxygens (including phenoxy) is 1. The largest absolute Gasteiger partial charge is 0.473 e. The van der Waals surface area contributed by atoms with E-state index >= 15 is 0 Å². The molecular weight excluding hydrogens is 293 g/mol. The standard InChI is InChI=1S/C12H13F3N2O2S/c13-12(14,15)7-17-11(18)8-1-3-16-10(5-8)19-9-2-4-20-6-9/h1,3,5,9H,2,4,6-7H2,(H,17,18)/t9-/m0/s1. The zero-order valence-electron chi connectivity index (χ0n) is 10.4. The lowest BCUT2D eigenvalue weighted by molar-refractivity contribution is -0.123. The van der Waals surface area contributed by atoms with Gasteiger partial charge in [0.1, 0.15) is 12.6 Å². The number of hydrogen-bond donors (Lipinski definition) is 1. The molecule has 0 aliphatic carbocycles. The summed E-state index contributed by atoms with van der Waals surface area (Å²) < 4.78 is 41.7. The van der Waals surface area contributed by atoms with Crippen molar-refractivity contribution in [3.05, 3.63) is 23.9 Å². The highest BCUT2D eigenvalue weighted by Crippen LogP contribution is 2.22. The Labute approximate surface area is 118 Å². The van der Waals surface area contributed by atoms with Gasteiger partial charge in [0.15, 0.2) is 0 Å². The molecular formula is C12H13F3N2O2S. The van der Waals surface area contributed by atoms with Crippen molar-refractivity contribution < 1.29 is 22.7 Å². The second kappa shape index (κ2) is 6.34. The van der Waals surface area contributed by atoms with Crippen LogP contribution in [0.25, 0.3) is 0 Å². The summed E-state index contributed by atoms with van der Waals surface area (Å²) in [5.41, 5.74) is 0.102. The summed E-state index contributed by atoms with van der Waals surface area (Å²) in [6.07, 6.45) is -2.14. The Hall–Kier alpha value is -1.44. The average molecular weight is 306 g/mol. The van der Waals surface area contributed by atoms with Crippen LogP contribution in [0, 0.1) is 0 Å². The van der Waals surface area contributed by atoms with Crippen LogP contribution >= 0.6 is 11.8 Å². The minimum absolute atomic E-state index is 0.0426. The third-order valence-corrected chi connectivity index (χ3v) is 3.75. The van der Waals surface area contributed by atoms with E-state index in [1.165, 1.54) is 18.3 Å². The third-order valence-electron chi connectivity index (χ3n) is 2.62. The Morgan fingerprint density at radius 1 is 1.55 bits per heavy atom. The van der Waals surface area contributed by atoms with Gasteiger partial charge in [-0.15, -0.1) is 0 Å². The normalized spacial score (nSPS) is 18.9. The lowest BCUT2D eigenvalue weighted by atomic mass is 10.2. The predicted molar refractivity (Wildman–Crippen MR) is 69.0 cm³/mol. The fraction of sp³-hybridized carbons (Fsp3) is 0.500. The first kappa shape index (κ1) is 15.0. The van der Waals surface area contributed by atoms with E-state index in [1.807, 2.05) is 5.32 Å². The second-order valence-corrected chi connectivity index (χ2v) is 5.43. The maximum atomic E-state index is 12.0. The van der Waals surface area contributed by atoms with Crippen LogP contribution in [0.5, 0.6) is 5.88 Å². The molecule has 0 spiro atoms. The first-order valence-corrected chi connectivity index (χ1v) is 7.15. The van der Waals surface area contributed by atoms with E-state index in [9.17, 15) is 18.0 Å². The Bertz CT molecular complexity index is 476. The Kier molecular flexibility index (Phi) is 4.74. The number of halogens is 3. The molecule has 1 fully saturated rings. The number of rotatable bonds is 4. The second-order valence-electron chi connectivity index (χ2n) is 4.28. The fourth-order valence-electron chi connectivity index (χ4n) is 1.67. The van der Waals surface area contributed by atoms with Crippen LogP contribution in [0.2, 0.25) is 0 Å². The molecule has 110 valence electrons. The zero-order valence-corrected chi connectivity index (χ0v) is 11.3. The number of nitrogens with one attached hydrogen (secondary N) is 1. The number of carbonyl (C=O) groups excluding carboxylic acids is 1. The molecule has 8 heteroatoms. The van der Waals surface area contributed by atoms with Crippen molar-refractivity contribution in [3.63, 3.8) is 0 Å². The molecule has 2 rings (SSSR count). The van der Waals surface area contributed by atoms with E-state index in [4.69, 9.17) is 4.74 Å². The van der Waals surface area contributed by atoms with E-state index in [0.717, 1.165) is 17.9 Å². The SMILES string of the molecule is O=C(NCC(F)(F)F)c1ccnc(O[C@H]2CCSC2)c1. The average Bonchev–Trinajstić information content (AvgIpc) is 2.88. The van der Waals surface area contributed by atoms with E-state index < -0.39 is 18.6 Å². The summed E-state index contributed by atoms with van der Waals surface area (Å²) in [6.45, 7) is -1.36. The number of nitrogens with zero attached hydrogens (tertiary/aromatic N) is 1. The van der Waals surface area contributed by atoms with Gasteiger partial charge in [-0.3, -0.25) is 4.79 Å². The predicted octanol–water partition coefficient (Wildman–Crippen LogP) is 2.26. The third kappa shape index (κ3) is 4.59. The molecule has 1 N–H and O–H groups in total. The van der Waals surface area contributed by atoms with Crippen LogP contribution in [0.15, 0.2) is 18.3 Å². The van der Waals surface area contributed by atoms with Crippen molar-refractivity contribution in [2.45, 2.75) is 18.7 Å². The lowest BCUT2D eigenvalue weighted by Crippen LogP contribution is -2.33. The minimum Gasteiger partial charge on any atom is -0.473 e. The quantitative estimate of drug-likeness (QED) is 0.927. The molecule has 0 radical (unpaired) electrons. The van der Waals surface area contributed by atoms with E-state index in [2.05, 4.69) is 4.98 Å². The molecule has 2 heterocycles. The molecule has 4 nitrogen and oxygen atoms in total. The Morgan fingerprint density at radius 3 is 3.00 bits per heavy atom. The van der Waals surface area contributed by atoms with Gasteiger partial charge in [0, 0.05) is 23.6 Å². The van der Waals surface area contributed by atoms with Crippen LogP contribution in [0.1, 0.15) is 16.8 Å². The smallest absolute Gasteiger partial charge is 0.405 e. The number of thioether (sulfide) groups is 1. The van der Waals surface area contributed by atoms with Crippen LogP contribution < -0.4 is 10.1 Å². The topological polar surface area (TPSA) is 51.2 Å². The molecule has 0 bridgehead atoms. The number of aromatic nitrogens is 1. The van der Waals surface area contributed by atoms with Crippen molar-refractivity contribution in [3.8, 4) is 5.88 Å². The lowest BCUT2D eigenvalue weighted by Gasteiger charge is -2.12. The van der Waals surface area contributed by atoms with Crippen molar-refractivity contribution >= 4 is 17.7 Å². The fourth-order valence-corrected chi connectivity index (χ4v) is 2.77. The van der Waals surface area contributed by atoms with E-state index in [0.29, 0.717) is 0 Å². The zero-order chi connectivity index (χ0) is 14.6.